The van der Waals surface area contributed by atoms with Crippen molar-refractivity contribution in [3.63, 3.8) is 0 Å². The standard InChI is InChI=1S/C41H35BN2O/c1-26-23-34-39-35(24-26)44(29-15-9-6-10-16-29)33-25-27(41(2,3)4)19-20-31(33)42(39)40-32(43(34)28-13-7-5-8-14-28)21-22-37-38(40)30-17-11-12-18-36(30)45-37/h5-24,33H,25H2,1-4H3. The van der Waals surface area contributed by atoms with Gasteiger partial charge in [0.25, 0.3) is 0 Å². The van der Waals surface area contributed by atoms with E-state index in [1.54, 1.807) is 0 Å². The fraction of sp³-hybridized carbons (Fsp3) is 0.171. The third-order valence-corrected chi connectivity index (χ3v) is 10.1. The van der Waals surface area contributed by atoms with Crippen molar-refractivity contribution in [2.24, 2.45) is 5.41 Å². The number of aryl methyl sites for hydroxylation is 1. The second-order valence-electron chi connectivity index (χ2n) is 13.8. The molecule has 4 heteroatoms. The van der Waals surface area contributed by atoms with Crippen LogP contribution in [0, 0.1) is 12.3 Å². The fourth-order valence-corrected chi connectivity index (χ4v) is 8.08. The molecule has 0 amide bonds. The van der Waals surface area contributed by atoms with Crippen molar-refractivity contribution in [3.8, 4) is 0 Å². The van der Waals surface area contributed by atoms with Gasteiger partial charge in [0, 0.05) is 39.2 Å². The van der Waals surface area contributed by atoms with Gasteiger partial charge in [-0.05, 0) is 89.8 Å². The van der Waals surface area contributed by atoms with Gasteiger partial charge in [-0.25, -0.2) is 0 Å². The van der Waals surface area contributed by atoms with Crippen molar-refractivity contribution in [1.82, 2.24) is 0 Å². The van der Waals surface area contributed by atoms with E-state index in [9.17, 15) is 0 Å². The highest BCUT2D eigenvalue weighted by Crippen LogP contribution is 2.49. The number of anilines is 5. The van der Waals surface area contributed by atoms with Gasteiger partial charge in [-0.1, -0.05) is 98.6 Å². The summed E-state index contributed by atoms with van der Waals surface area (Å²) >= 11 is 0. The highest BCUT2D eigenvalue weighted by molar-refractivity contribution is 6.97. The minimum absolute atomic E-state index is 0.0883. The van der Waals surface area contributed by atoms with Gasteiger partial charge in [0.15, 0.2) is 0 Å². The Kier molecular flexibility index (Phi) is 5.60. The lowest BCUT2D eigenvalue weighted by molar-refractivity contribution is 0.469. The molecule has 3 heterocycles. The maximum atomic E-state index is 6.54. The Morgan fingerprint density at radius 3 is 2.13 bits per heavy atom. The number of rotatable bonds is 2. The number of benzene rings is 5. The number of fused-ring (bicyclic) bond motifs is 8. The summed E-state index contributed by atoms with van der Waals surface area (Å²) in [4.78, 5) is 5.12. The molecule has 2 aliphatic heterocycles. The zero-order chi connectivity index (χ0) is 30.4. The van der Waals surface area contributed by atoms with Gasteiger partial charge in [-0.2, -0.15) is 0 Å². The lowest BCUT2D eigenvalue weighted by atomic mass is 9.30. The first kappa shape index (κ1) is 26.4. The summed E-state index contributed by atoms with van der Waals surface area (Å²) in [6.07, 6.45) is 5.87. The minimum Gasteiger partial charge on any atom is -0.456 e. The largest absolute Gasteiger partial charge is 0.456 e. The lowest BCUT2D eigenvalue weighted by Gasteiger charge is -2.50. The molecule has 3 aliphatic rings. The molecule has 0 fully saturated rings. The molecule has 1 unspecified atom stereocenters. The summed E-state index contributed by atoms with van der Waals surface area (Å²) in [5.74, 6) is 0. The Hall–Kier alpha value is -4.96. The summed E-state index contributed by atoms with van der Waals surface area (Å²) < 4.78 is 6.54. The summed E-state index contributed by atoms with van der Waals surface area (Å²) in [5, 5.41) is 2.41. The second-order valence-corrected chi connectivity index (χ2v) is 13.8. The first-order chi connectivity index (χ1) is 21.9. The van der Waals surface area contributed by atoms with Gasteiger partial charge in [-0.15, -0.1) is 0 Å². The first-order valence-electron chi connectivity index (χ1n) is 16.1. The van der Waals surface area contributed by atoms with Crippen molar-refractivity contribution < 1.29 is 4.42 Å². The van der Waals surface area contributed by atoms with Gasteiger partial charge in [0.1, 0.15) is 11.2 Å². The van der Waals surface area contributed by atoms with Crippen LogP contribution in [0.3, 0.4) is 0 Å². The van der Waals surface area contributed by atoms with E-state index in [-0.39, 0.29) is 18.2 Å². The topological polar surface area (TPSA) is 19.6 Å². The molecule has 0 N–H and O–H groups in total. The van der Waals surface area contributed by atoms with E-state index in [2.05, 4.69) is 159 Å². The van der Waals surface area contributed by atoms with E-state index in [0.29, 0.717) is 0 Å². The molecule has 5 aromatic carbocycles. The monoisotopic (exact) mass is 582 g/mol. The summed E-state index contributed by atoms with van der Waals surface area (Å²) in [6.45, 7) is 9.38. The molecule has 0 saturated heterocycles. The Morgan fingerprint density at radius 1 is 0.689 bits per heavy atom. The van der Waals surface area contributed by atoms with E-state index in [4.69, 9.17) is 4.42 Å². The summed E-state index contributed by atoms with van der Waals surface area (Å²) in [6, 6.07) is 39.9. The average Bonchev–Trinajstić information content (AvgIpc) is 3.43. The number of hydrogen-bond acceptors (Lipinski definition) is 3. The lowest BCUT2D eigenvalue weighted by Crippen LogP contribution is -2.61. The van der Waals surface area contributed by atoms with Crippen LogP contribution in [0.2, 0.25) is 0 Å². The van der Waals surface area contributed by atoms with Crippen molar-refractivity contribution in [2.75, 3.05) is 9.80 Å². The molecule has 9 rings (SSSR count). The SMILES string of the molecule is Cc1cc2c3c(c1)N(c1ccccc1)C1CC(C(C)(C)C)=CC=C1B3c1c(ccc3oc4ccccc4c13)N2c1ccccc1. The molecule has 1 aliphatic carbocycles. The molecule has 45 heavy (non-hydrogen) atoms. The highest BCUT2D eigenvalue weighted by atomic mass is 16.3. The van der Waals surface area contributed by atoms with Crippen molar-refractivity contribution in [2.45, 2.75) is 40.2 Å². The van der Waals surface area contributed by atoms with Crippen LogP contribution < -0.4 is 20.7 Å². The number of para-hydroxylation sites is 3. The zero-order valence-electron chi connectivity index (χ0n) is 26.2. The van der Waals surface area contributed by atoms with E-state index in [1.165, 1.54) is 61.1 Å². The predicted octanol–water partition coefficient (Wildman–Crippen LogP) is 9.65. The van der Waals surface area contributed by atoms with Gasteiger partial charge >= 0.3 is 0 Å². The zero-order valence-corrected chi connectivity index (χ0v) is 26.2. The van der Waals surface area contributed by atoms with Crippen LogP contribution in [0.4, 0.5) is 28.4 Å². The Bertz CT molecular complexity index is 2200. The quantitative estimate of drug-likeness (QED) is 0.190. The van der Waals surface area contributed by atoms with Gasteiger partial charge in [0.05, 0.1) is 6.04 Å². The third kappa shape index (κ3) is 3.85. The molecule has 0 bridgehead atoms. The van der Waals surface area contributed by atoms with Crippen LogP contribution in [0.25, 0.3) is 21.9 Å². The molecule has 1 aromatic heterocycles. The van der Waals surface area contributed by atoms with Crippen LogP contribution in [0.1, 0.15) is 32.8 Å². The molecular weight excluding hydrogens is 547 g/mol. The molecule has 1 atom stereocenters. The molecule has 3 nitrogen and oxygen atoms in total. The average molecular weight is 583 g/mol. The number of hydrogen-bond donors (Lipinski definition) is 0. The number of nitrogens with zero attached hydrogens (tertiary/aromatic N) is 2. The Balaban J connectivity index is 1.44. The molecule has 0 saturated carbocycles. The van der Waals surface area contributed by atoms with Crippen LogP contribution in [0.15, 0.2) is 137 Å². The van der Waals surface area contributed by atoms with Crippen LogP contribution in [-0.2, 0) is 0 Å². The van der Waals surface area contributed by atoms with Gasteiger partial charge in [0.2, 0.25) is 6.71 Å². The normalized spacial score (nSPS) is 17.2. The third-order valence-electron chi connectivity index (χ3n) is 10.1. The molecule has 0 spiro atoms. The smallest absolute Gasteiger partial charge is 0.248 e. The molecule has 218 valence electrons. The summed E-state index contributed by atoms with van der Waals surface area (Å²) in [7, 11) is 0. The van der Waals surface area contributed by atoms with E-state index < -0.39 is 0 Å². The van der Waals surface area contributed by atoms with Crippen LogP contribution in [-0.4, -0.2) is 12.8 Å². The number of furan rings is 1. The number of allylic oxidation sites excluding steroid dienone is 2. The Labute approximate surface area is 265 Å². The summed E-state index contributed by atoms with van der Waals surface area (Å²) in [5.41, 5.74) is 15.1. The Morgan fingerprint density at radius 2 is 1.38 bits per heavy atom. The van der Waals surface area contributed by atoms with Gasteiger partial charge < -0.3 is 14.2 Å². The maximum Gasteiger partial charge on any atom is 0.248 e. The van der Waals surface area contributed by atoms with E-state index in [1.807, 2.05) is 0 Å². The first-order valence-corrected chi connectivity index (χ1v) is 16.1. The van der Waals surface area contributed by atoms with E-state index >= 15 is 0 Å². The molecule has 0 radical (unpaired) electrons. The predicted molar refractivity (Wildman–Crippen MR) is 191 cm³/mol. The van der Waals surface area contributed by atoms with Crippen molar-refractivity contribution in [3.05, 3.63) is 138 Å². The van der Waals surface area contributed by atoms with E-state index in [0.717, 1.165) is 23.3 Å². The van der Waals surface area contributed by atoms with Gasteiger partial charge in [-0.3, -0.25) is 0 Å². The van der Waals surface area contributed by atoms with Crippen molar-refractivity contribution in [1.29, 1.82) is 0 Å². The van der Waals surface area contributed by atoms with Crippen LogP contribution >= 0.6 is 0 Å². The second kappa shape index (κ2) is 9.52. The molecule has 6 aromatic rings. The maximum absolute atomic E-state index is 6.54. The highest BCUT2D eigenvalue weighted by Gasteiger charge is 2.49. The molecular formula is C41H35BN2O. The minimum atomic E-state index is 0.0883. The fourth-order valence-electron chi connectivity index (χ4n) is 8.08. The van der Waals surface area contributed by atoms with Crippen molar-refractivity contribution >= 4 is 68.0 Å². The van der Waals surface area contributed by atoms with Crippen LogP contribution in [0.5, 0.6) is 0 Å².